The minimum atomic E-state index is -0.546. The number of carbonyl (C=O) groups is 1. The van der Waals surface area contributed by atoms with Gasteiger partial charge < -0.3 is 25.6 Å². The minimum Gasteiger partial charge on any atom is -0.497 e. The molecule has 1 heterocycles. The molecule has 0 bridgehead atoms. The Kier molecular flexibility index (Phi) is 4.74. The van der Waals surface area contributed by atoms with Crippen LogP contribution in [0.4, 0.5) is 21.9 Å². The first-order chi connectivity index (χ1) is 11.7. The molecule has 6 nitrogen and oxygen atoms in total. The zero-order valence-corrected chi connectivity index (χ0v) is 13.7. The highest BCUT2D eigenvalue weighted by molar-refractivity contribution is 5.88. The number of urea groups is 1. The maximum absolute atomic E-state index is 10.9. The molecule has 24 heavy (non-hydrogen) atoms. The number of hydrogen-bond acceptors (Lipinski definition) is 4. The molecule has 0 unspecified atom stereocenters. The summed E-state index contributed by atoms with van der Waals surface area (Å²) in [5, 5.41) is 2.57. The van der Waals surface area contributed by atoms with Crippen molar-refractivity contribution in [3.63, 3.8) is 0 Å². The first-order valence-electron chi connectivity index (χ1n) is 7.96. The number of amides is 2. The summed E-state index contributed by atoms with van der Waals surface area (Å²) in [6.45, 7) is 3.84. The number of carbonyl (C=O) groups excluding carboxylic acids is 1. The van der Waals surface area contributed by atoms with Crippen LogP contribution in [0.3, 0.4) is 0 Å². The van der Waals surface area contributed by atoms with Gasteiger partial charge in [-0.15, -0.1) is 0 Å². The smallest absolute Gasteiger partial charge is 0.316 e. The molecule has 0 atom stereocenters. The average molecular weight is 326 g/mol. The third kappa shape index (κ3) is 3.71. The molecule has 2 aromatic rings. The van der Waals surface area contributed by atoms with Gasteiger partial charge in [0.1, 0.15) is 5.75 Å². The lowest BCUT2D eigenvalue weighted by molar-refractivity contribution is 0.259. The van der Waals surface area contributed by atoms with E-state index < -0.39 is 6.03 Å². The first kappa shape index (κ1) is 16.0. The van der Waals surface area contributed by atoms with E-state index in [9.17, 15) is 4.79 Å². The lowest BCUT2D eigenvalue weighted by Crippen LogP contribution is -2.46. The van der Waals surface area contributed by atoms with Gasteiger partial charge in [-0.1, -0.05) is 0 Å². The fourth-order valence-corrected chi connectivity index (χ4v) is 2.91. The Morgan fingerprint density at radius 1 is 0.917 bits per heavy atom. The number of nitrogens with zero attached hydrogens (tertiary/aromatic N) is 2. The number of benzene rings is 2. The molecule has 2 amide bonds. The standard InChI is InChI=1S/C18H22N4O2/c1-24-17-8-6-16(7-9-17)22-12-10-21(11-13-22)15-4-2-14(3-5-15)20-18(19)23/h2-9H,10-13H2,1H3,(H3,19,20,23). The lowest BCUT2D eigenvalue weighted by Gasteiger charge is -2.37. The van der Waals surface area contributed by atoms with Crippen LogP contribution in [-0.2, 0) is 0 Å². The summed E-state index contributed by atoms with van der Waals surface area (Å²) in [4.78, 5) is 15.6. The molecule has 1 aliphatic heterocycles. The van der Waals surface area contributed by atoms with Crippen molar-refractivity contribution < 1.29 is 9.53 Å². The van der Waals surface area contributed by atoms with Crippen LogP contribution in [0.25, 0.3) is 0 Å². The monoisotopic (exact) mass is 326 g/mol. The Labute approximate surface area is 141 Å². The summed E-state index contributed by atoms with van der Waals surface area (Å²) in [6, 6.07) is 15.4. The Hall–Kier alpha value is -2.89. The van der Waals surface area contributed by atoms with Gasteiger partial charge in [0, 0.05) is 43.2 Å². The second kappa shape index (κ2) is 7.12. The molecule has 0 spiro atoms. The summed E-state index contributed by atoms with van der Waals surface area (Å²) in [7, 11) is 1.68. The molecule has 0 saturated carbocycles. The number of piperazine rings is 1. The van der Waals surface area contributed by atoms with Crippen LogP contribution in [0.2, 0.25) is 0 Å². The van der Waals surface area contributed by atoms with E-state index in [1.165, 1.54) is 5.69 Å². The van der Waals surface area contributed by atoms with E-state index in [4.69, 9.17) is 10.5 Å². The normalized spacial score (nSPS) is 14.4. The summed E-state index contributed by atoms with van der Waals surface area (Å²) in [6.07, 6.45) is 0. The van der Waals surface area contributed by atoms with Gasteiger partial charge in [0.25, 0.3) is 0 Å². The third-order valence-corrected chi connectivity index (χ3v) is 4.22. The van der Waals surface area contributed by atoms with Crippen LogP contribution in [0, 0.1) is 0 Å². The summed E-state index contributed by atoms with van der Waals surface area (Å²) in [5.74, 6) is 0.877. The highest BCUT2D eigenvalue weighted by Gasteiger charge is 2.17. The second-order valence-corrected chi connectivity index (χ2v) is 5.71. The fourth-order valence-electron chi connectivity index (χ4n) is 2.91. The molecule has 6 heteroatoms. The summed E-state index contributed by atoms with van der Waals surface area (Å²) < 4.78 is 5.20. The summed E-state index contributed by atoms with van der Waals surface area (Å²) in [5.41, 5.74) is 8.20. The number of primary amides is 1. The van der Waals surface area contributed by atoms with E-state index in [1.807, 2.05) is 36.4 Å². The van der Waals surface area contributed by atoms with Crippen molar-refractivity contribution in [2.24, 2.45) is 5.73 Å². The van der Waals surface area contributed by atoms with Gasteiger partial charge in [-0.2, -0.15) is 0 Å². The number of methoxy groups -OCH3 is 1. The molecule has 126 valence electrons. The zero-order valence-electron chi connectivity index (χ0n) is 13.7. The number of ether oxygens (including phenoxy) is 1. The molecule has 0 aliphatic carbocycles. The Morgan fingerprint density at radius 2 is 1.38 bits per heavy atom. The highest BCUT2D eigenvalue weighted by atomic mass is 16.5. The van der Waals surface area contributed by atoms with Crippen molar-refractivity contribution in [3.8, 4) is 5.75 Å². The van der Waals surface area contributed by atoms with E-state index in [1.54, 1.807) is 7.11 Å². The van der Waals surface area contributed by atoms with Crippen molar-refractivity contribution in [3.05, 3.63) is 48.5 Å². The Bertz CT molecular complexity index is 677. The SMILES string of the molecule is COc1ccc(N2CCN(c3ccc(NC(N)=O)cc3)CC2)cc1. The Balaban J connectivity index is 1.58. The van der Waals surface area contributed by atoms with E-state index >= 15 is 0 Å². The maximum Gasteiger partial charge on any atom is 0.316 e. The molecule has 0 radical (unpaired) electrons. The van der Waals surface area contributed by atoms with Crippen LogP contribution < -0.4 is 25.6 Å². The quantitative estimate of drug-likeness (QED) is 0.906. The first-order valence-corrected chi connectivity index (χ1v) is 7.96. The number of nitrogens with two attached hydrogens (primary N) is 1. The number of nitrogens with one attached hydrogen (secondary N) is 1. The van der Waals surface area contributed by atoms with Crippen LogP contribution in [0.1, 0.15) is 0 Å². The molecule has 1 aliphatic rings. The number of rotatable bonds is 4. The molecule has 3 rings (SSSR count). The molecular weight excluding hydrogens is 304 g/mol. The van der Waals surface area contributed by atoms with Crippen LogP contribution in [0.5, 0.6) is 5.75 Å². The predicted octanol–water partition coefficient (Wildman–Crippen LogP) is 2.51. The number of hydrogen-bond donors (Lipinski definition) is 2. The highest BCUT2D eigenvalue weighted by Crippen LogP contribution is 2.23. The molecule has 2 aromatic carbocycles. The fraction of sp³-hybridized carbons (Fsp3) is 0.278. The van der Waals surface area contributed by atoms with Crippen molar-refractivity contribution in [2.75, 3.05) is 48.4 Å². The van der Waals surface area contributed by atoms with Crippen LogP contribution >= 0.6 is 0 Å². The molecule has 1 fully saturated rings. The van der Waals surface area contributed by atoms with Crippen LogP contribution in [-0.4, -0.2) is 39.3 Å². The van der Waals surface area contributed by atoms with Gasteiger partial charge in [0.05, 0.1) is 7.11 Å². The zero-order chi connectivity index (χ0) is 16.9. The van der Waals surface area contributed by atoms with Gasteiger partial charge in [0.2, 0.25) is 0 Å². The molecule has 1 saturated heterocycles. The largest absolute Gasteiger partial charge is 0.497 e. The topological polar surface area (TPSA) is 70.8 Å². The molecule has 0 aromatic heterocycles. The van der Waals surface area contributed by atoms with Crippen LogP contribution in [0.15, 0.2) is 48.5 Å². The van der Waals surface area contributed by atoms with Gasteiger partial charge in [-0.05, 0) is 48.5 Å². The van der Waals surface area contributed by atoms with Crippen molar-refractivity contribution in [2.45, 2.75) is 0 Å². The van der Waals surface area contributed by atoms with Crippen molar-refractivity contribution >= 4 is 23.1 Å². The maximum atomic E-state index is 10.9. The average Bonchev–Trinajstić information content (AvgIpc) is 2.62. The molecule has 3 N–H and O–H groups in total. The van der Waals surface area contributed by atoms with Gasteiger partial charge in [0.15, 0.2) is 0 Å². The van der Waals surface area contributed by atoms with E-state index in [0.717, 1.165) is 37.6 Å². The third-order valence-electron chi connectivity index (χ3n) is 4.22. The van der Waals surface area contributed by atoms with Crippen molar-refractivity contribution in [1.82, 2.24) is 0 Å². The van der Waals surface area contributed by atoms with Crippen molar-refractivity contribution in [1.29, 1.82) is 0 Å². The van der Waals surface area contributed by atoms with Gasteiger partial charge in [-0.25, -0.2) is 4.79 Å². The van der Waals surface area contributed by atoms with E-state index in [0.29, 0.717) is 5.69 Å². The van der Waals surface area contributed by atoms with E-state index in [-0.39, 0.29) is 0 Å². The Morgan fingerprint density at radius 3 is 1.79 bits per heavy atom. The molecular formula is C18H22N4O2. The van der Waals surface area contributed by atoms with Gasteiger partial charge in [-0.3, -0.25) is 0 Å². The predicted molar refractivity (Wildman–Crippen MR) is 97.1 cm³/mol. The van der Waals surface area contributed by atoms with Gasteiger partial charge >= 0.3 is 6.03 Å². The van der Waals surface area contributed by atoms with E-state index in [2.05, 4.69) is 27.2 Å². The lowest BCUT2D eigenvalue weighted by atomic mass is 10.2. The minimum absolute atomic E-state index is 0.546. The second-order valence-electron chi connectivity index (χ2n) is 5.71. The number of anilines is 3. The summed E-state index contributed by atoms with van der Waals surface area (Å²) >= 11 is 0.